The predicted molar refractivity (Wildman–Crippen MR) is 106 cm³/mol. The molecule has 2 aromatic carbocycles. The summed E-state index contributed by atoms with van der Waals surface area (Å²) in [5.41, 5.74) is 1.25. The van der Waals surface area contributed by atoms with Gasteiger partial charge in [-0.25, -0.2) is 8.78 Å². The van der Waals surface area contributed by atoms with Crippen LogP contribution in [0.4, 0.5) is 14.5 Å². The van der Waals surface area contributed by atoms with E-state index >= 15 is 0 Å². The number of carbonyl (C=O) groups excluding carboxylic acids is 2. The quantitative estimate of drug-likeness (QED) is 0.595. The zero-order valence-electron chi connectivity index (χ0n) is 15.5. The van der Waals surface area contributed by atoms with Crippen LogP contribution in [0.5, 0.6) is 0 Å². The lowest BCUT2D eigenvalue weighted by Crippen LogP contribution is -2.26. The first kappa shape index (κ1) is 20.1. The largest absolute Gasteiger partial charge is 0.351 e. The van der Waals surface area contributed by atoms with Crippen LogP contribution in [-0.2, 0) is 6.42 Å². The van der Waals surface area contributed by atoms with Crippen molar-refractivity contribution in [3.05, 3.63) is 95.3 Å². The van der Waals surface area contributed by atoms with Crippen molar-refractivity contribution in [2.24, 2.45) is 0 Å². The summed E-state index contributed by atoms with van der Waals surface area (Å²) < 4.78 is 26.7. The predicted octanol–water partition coefficient (Wildman–Crippen LogP) is 3.97. The normalized spacial score (nSPS) is 10.4. The van der Waals surface area contributed by atoms with Gasteiger partial charge in [0.1, 0.15) is 17.3 Å². The molecule has 0 fully saturated rings. The van der Waals surface area contributed by atoms with Crippen molar-refractivity contribution >= 4 is 17.5 Å². The summed E-state index contributed by atoms with van der Waals surface area (Å²) in [6.45, 7) is 0.465. The van der Waals surface area contributed by atoms with Gasteiger partial charge < -0.3 is 10.6 Å². The highest BCUT2D eigenvalue weighted by molar-refractivity contribution is 6.05. The fraction of sp³-hybridized carbons (Fsp3) is 0.136. The van der Waals surface area contributed by atoms with Crippen molar-refractivity contribution < 1.29 is 18.4 Å². The fourth-order valence-corrected chi connectivity index (χ4v) is 2.71. The Bertz CT molecular complexity index is 1010. The second kappa shape index (κ2) is 9.54. The van der Waals surface area contributed by atoms with Gasteiger partial charge in [-0.3, -0.25) is 14.6 Å². The maximum absolute atomic E-state index is 13.7. The molecule has 3 aromatic rings. The van der Waals surface area contributed by atoms with Crippen molar-refractivity contribution in [2.45, 2.75) is 12.8 Å². The summed E-state index contributed by atoms with van der Waals surface area (Å²) in [7, 11) is 0. The molecule has 0 spiro atoms. The molecule has 0 radical (unpaired) electrons. The summed E-state index contributed by atoms with van der Waals surface area (Å²) in [5, 5.41) is 5.12. The van der Waals surface area contributed by atoms with Gasteiger partial charge in [-0.05, 0) is 42.7 Å². The van der Waals surface area contributed by atoms with Crippen LogP contribution >= 0.6 is 0 Å². The third-order valence-corrected chi connectivity index (χ3v) is 4.20. The van der Waals surface area contributed by atoms with Crippen LogP contribution in [0.1, 0.15) is 32.8 Å². The number of pyridine rings is 1. The fourth-order valence-electron chi connectivity index (χ4n) is 2.71. The minimum absolute atomic E-state index is 0.0805. The number of benzene rings is 2. The zero-order chi connectivity index (χ0) is 20.6. The minimum atomic E-state index is -0.885. The number of nitrogens with one attached hydrogen (secondary N) is 2. The van der Waals surface area contributed by atoms with Crippen LogP contribution in [0.3, 0.4) is 0 Å². The first-order valence-electron chi connectivity index (χ1n) is 9.07. The SMILES string of the molecule is O=C(Nc1ccc(F)cc1F)c1ccnc(C(=O)NCCCc2ccccc2)c1. The lowest BCUT2D eigenvalue weighted by atomic mass is 10.1. The van der Waals surface area contributed by atoms with E-state index in [2.05, 4.69) is 15.6 Å². The van der Waals surface area contributed by atoms with Crippen LogP contribution in [0.2, 0.25) is 0 Å². The average Bonchev–Trinajstić information content (AvgIpc) is 2.74. The van der Waals surface area contributed by atoms with E-state index in [1.54, 1.807) is 0 Å². The lowest BCUT2D eigenvalue weighted by molar-refractivity contribution is 0.0948. The maximum Gasteiger partial charge on any atom is 0.269 e. The van der Waals surface area contributed by atoms with Gasteiger partial charge in [0.2, 0.25) is 0 Å². The van der Waals surface area contributed by atoms with E-state index in [0.717, 1.165) is 25.0 Å². The molecule has 148 valence electrons. The van der Waals surface area contributed by atoms with Crippen molar-refractivity contribution in [3.63, 3.8) is 0 Å². The molecular formula is C22H19F2N3O2. The highest BCUT2D eigenvalue weighted by Crippen LogP contribution is 2.16. The molecule has 0 bridgehead atoms. The van der Waals surface area contributed by atoms with E-state index in [9.17, 15) is 18.4 Å². The van der Waals surface area contributed by atoms with Crippen molar-refractivity contribution in [1.82, 2.24) is 10.3 Å². The molecule has 1 aromatic heterocycles. The van der Waals surface area contributed by atoms with Gasteiger partial charge in [0.15, 0.2) is 0 Å². The summed E-state index contributed by atoms with van der Waals surface area (Å²) in [6, 6.07) is 15.5. The zero-order valence-corrected chi connectivity index (χ0v) is 15.5. The van der Waals surface area contributed by atoms with Crippen LogP contribution in [-0.4, -0.2) is 23.3 Å². The second-order valence-corrected chi connectivity index (χ2v) is 6.35. The Balaban J connectivity index is 1.56. The van der Waals surface area contributed by atoms with Gasteiger partial charge in [-0.1, -0.05) is 30.3 Å². The lowest BCUT2D eigenvalue weighted by Gasteiger charge is -2.08. The average molecular weight is 395 g/mol. The second-order valence-electron chi connectivity index (χ2n) is 6.35. The molecule has 0 saturated carbocycles. The smallest absolute Gasteiger partial charge is 0.269 e. The van der Waals surface area contributed by atoms with E-state index in [1.165, 1.54) is 23.9 Å². The molecule has 0 saturated heterocycles. The number of anilines is 1. The number of rotatable bonds is 7. The highest BCUT2D eigenvalue weighted by atomic mass is 19.1. The van der Waals surface area contributed by atoms with Gasteiger partial charge in [0.25, 0.3) is 11.8 Å². The molecule has 29 heavy (non-hydrogen) atoms. The number of nitrogens with zero attached hydrogens (tertiary/aromatic N) is 1. The summed E-state index contributed by atoms with van der Waals surface area (Å²) in [5.74, 6) is -2.66. The standard InChI is InChI=1S/C22H19F2N3O2/c23-17-8-9-19(18(24)14-17)27-21(28)16-10-12-25-20(13-16)22(29)26-11-4-7-15-5-2-1-3-6-15/h1-3,5-6,8-10,12-14H,4,7,11H2,(H,26,29)(H,27,28). The Hall–Kier alpha value is -3.61. The van der Waals surface area contributed by atoms with Gasteiger partial charge >= 0.3 is 0 Å². The third-order valence-electron chi connectivity index (χ3n) is 4.20. The van der Waals surface area contributed by atoms with Crippen molar-refractivity contribution in [2.75, 3.05) is 11.9 Å². The Morgan fingerprint density at radius 2 is 1.72 bits per heavy atom. The first-order valence-corrected chi connectivity index (χ1v) is 9.07. The molecule has 0 aliphatic rings. The van der Waals surface area contributed by atoms with Crippen LogP contribution in [0.25, 0.3) is 0 Å². The molecular weight excluding hydrogens is 376 g/mol. The van der Waals surface area contributed by atoms with E-state index in [1.807, 2.05) is 30.3 Å². The van der Waals surface area contributed by atoms with E-state index < -0.39 is 23.4 Å². The van der Waals surface area contributed by atoms with E-state index in [-0.39, 0.29) is 16.9 Å². The maximum atomic E-state index is 13.7. The molecule has 1 heterocycles. The Morgan fingerprint density at radius 3 is 2.48 bits per heavy atom. The van der Waals surface area contributed by atoms with Crippen LogP contribution in [0, 0.1) is 11.6 Å². The van der Waals surface area contributed by atoms with E-state index in [0.29, 0.717) is 12.6 Å². The minimum Gasteiger partial charge on any atom is -0.351 e. The molecule has 0 unspecified atom stereocenters. The van der Waals surface area contributed by atoms with Crippen molar-refractivity contribution in [3.8, 4) is 0 Å². The summed E-state index contributed by atoms with van der Waals surface area (Å²) in [6.07, 6.45) is 2.93. The number of hydrogen-bond donors (Lipinski definition) is 2. The Kier molecular flexibility index (Phi) is 6.63. The van der Waals surface area contributed by atoms with Crippen LogP contribution in [0.15, 0.2) is 66.9 Å². The van der Waals surface area contributed by atoms with Gasteiger partial charge in [0, 0.05) is 24.4 Å². The topological polar surface area (TPSA) is 71.1 Å². The molecule has 3 rings (SSSR count). The molecule has 7 heteroatoms. The summed E-state index contributed by atoms with van der Waals surface area (Å²) in [4.78, 5) is 28.6. The first-order chi connectivity index (χ1) is 14.0. The monoisotopic (exact) mass is 395 g/mol. The molecule has 2 amide bonds. The Morgan fingerprint density at radius 1 is 0.931 bits per heavy atom. The molecule has 0 atom stereocenters. The molecule has 5 nitrogen and oxygen atoms in total. The number of hydrogen-bond acceptors (Lipinski definition) is 3. The number of carbonyl (C=O) groups is 2. The summed E-state index contributed by atoms with van der Waals surface area (Å²) >= 11 is 0. The van der Waals surface area contributed by atoms with Crippen LogP contribution < -0.4 is 10.6 Å². The highest BCUT2D eigenvalue weighted by Gasteiger charge is 2.13. The molecule has 0 aliphatic carbocycles. The van der Waals surface area contributed by atoms with E-state index in [4.69, 9.17) is 0 Å². The number of amides is 2. The molecule has 2 N–H and O–H groups in total. The van der Waals surface area contributed by atoms with Gasteiger partial charge in [0.05, 0.1) is 5.69 Å². The Labute approximate surface area is 166 Å². The number of halogens is 2. The van der Waals surface area contributed by atoms with Crippen molar-refractivity contribution in [1.29, 1.82) is 0 Å². The third kappa shape index (κ3) is 5.68. The van der Waals surface area contributed by atoms with Gasteiger partial charge in [-0.2, -0.15) is 0 Å². The number of aromatic nitrogens is 1. The molecule has 0 aliphatic heterocycles. The number of aryl methyl sites for hydroxylation is 1. The van der Waals surface area contributed by atoms with Gasteiger partial charge in [-0.15, -0.1) is 0 Å².